The van der Waals surface area contributed by atoms with Crippen LogP contribution in [0.25, 0.3) is 10.2 Å². The Balaban J connectivity index is 1.72. The molecule has 24 heavy (non-hydrogen) atoms. The second-order valence-corrected chi connectivity index (χ2v) is 7.83. The highest BCUT2D eigenvalue weighted by molar-refractivity contribution is 8.00. The van der Waals surface area contributed by atoms with E-state index in [1.54, 1.807) is 16.2 Å². The van der Waals surface area contributed by atoms with Gasteiger partial charge >= 0.3 is 0 Å². The lowest BCUT2D eigenvalue weighted by atomic mass is 10.0. The van der Waals surface area contributed by atoms with E-state index in [9.17, 15) is 9.59 Å². The molecule has 1 atom stereocenters. The van der Waals surface area contributed by atoms with Gasteiger partial charge in [0.25, 0.3) is 0 Å². The number of aromatic nitrogens is 2. The molecule has 2 aromatic rings. The number of aryl methyl sites for hydroxylation is 1. The summed E-state index contributed by atoms with van der Waals surface area (Å²) >= 11 is 3.06. The van der Waals surface area contributed by atoms with Gasteiger partial charge in [0.1, 0.15) is 22.2 Å². The molecule has 8 heteroatoms. The maximum Gasteiger partial charge on any atom is 0.240 e. The van der Waals surface area contributed by atoms with E-state index in [0.717, 1.165) is 34.5 Å². The monoisotopic (exact) mass is 364 g/mol. The third-order valence-electron chi connectivity index (χ3n) is 4.18. The number of thioether (sulfide) groups is 1. The third-order valence-corrected chi connectivity index (χ3v) is 6.35. The summed E-state index contributed by atoms with van der Waals surface area (Å²) in [5.74, 6) is -0.211. The van der Waals surface area contributed by atoms with E-state index in [0.29, 0.717) is 13.0 Å². The summed E-state index contributed by atoms with van der Waals surface area (Å²) in [4.78, 5) is 36.5. The van der Waals surface area contributed by atoms with Gasteiger partial charge in [-0.05, 0) is 31.7 Å². The molecule has 3 heterocycles. The quantitative estimate of drug-likeness (QED) is 0.649. The highest BCUT2D eigenvalue weighted by atomic mass is 32.2. The molecule has 6 nitrogen and oxygen atoms in total. The van der Waals surface area contributed by atoms with Crippen molar-refractivity contribution in [2.24, 2.45) is 5.73 Å². The number of primary amides is 1. The van der Waals surface area contributed by atoms with Gasteiger partial charge in [-0.3, -0.25) is 9.59 Å². The minimum Gasteiger partial charge on any atom is -0.368 e. The molecule has 1 aliphatic heterocycles. The fraction of sp³-hybridized carbons (Fsp3) is 0.500. The first-order valence-electron chi connectivity index (χ1n) is 8.05. The van der Waals surface area contributed by atoms with Crippen molar-refractivity contribution in [2.45, 2.75) is 43.7 Å². The average molecular weight is 364 g/mol. The molecule has 0 aromatic carbocycles. The molecule has 2 amide bonds. The van der Waals surface area contributed by atoms with Crippen LogP contribution < -0.4 is 5.73 Å². The Kier molecular flexibility index (Phi) is 5.35. The van der Waals surface area contributed by atoms with Gasteiger partial charge in [0.2, 0.25) is 11.8 Å². The van der Waals surface area contributed by atoms with Gasteiger partial charge in [0, 0.05) is 16.8 Å². The first kappa shape index (κ1) is 17.2. The lowest BCUT2D eigenvalue weighted by Gasteiger charge is -2.33. The summed E-state index contributed by atoms with van der Waals surface area (Å²) in [6.45, 7) is 2.71. The molecule has 0 aliphatic carbocycles. The second kappa shape index (κ2) is 7.48. The van der Waals surface area contributed by atoms with E-state index < -0.39 is 11.9 Å². The Morgan fingerprint density at radius 2 is 2.25 bits per heavy atom. The smallest absolute Gasteiger partial charge is 0.240 e. The molecule has 1 fully saturated rings. The van der Waals surface area contributed by atoms with Crippen LogP contribution in [-0.2, 0) is 16.0 Å². The Bertz CT molecular complexity index is 762. The van der Waals surface area contributed by atoms with Crippen LogP contribution >= 0.6 is 23.1 Å². The molecule has 0 radical (unpaired) electrons. The summed E-state index contributed by atoms with van der Waals surface area (Å²) < 4.78 is 0. The number of hydrogen-bond donors (Lipinski definition) is 1. The first-order chi connectivity index (χ1) is 11.6. The van der Waals surface area contributed by atoms with Crippen molar-refractivity contribution in [1.29, 1.82) is 0 Å². The fourth-order valence-electron chi connectivity index (χ4n) is 2.91. The van der Waals surface area contributed by atoms with E-state index in [-0.39, 0.29) is 11.7 Å². The number of carbonyl (C=O) groups excluding carboxylic acids is 2. The molecule has 2 aromatic heterocycles. The number of thiophene rings is 1. The lowest BCUT2D eigenvalue weighted by Crippen LogP contribution is -2.51. The van der Waals surface area contributed by atoms with Crippen LogP contribution in [0.1, 0.15) is 31.1 Å². The molecule has 1 aliphatic rings. The number of nitrogens with two attached hydrogens (primary N) is 1. The number of fused-ring (bicyclic) bond motifs is 1. The summed E-state index contributed by atoms with van der Waals surface area (Å²) in [5, 5.41) is 1.82. The van der Waals surface area contributed by atoms with Crippen molar-refractivity contribution in [3.05, 3.63) is 17.3 Å². The zero-order valence-corrected chi connectivity index (χ0v) is 15.2. The van der Waals surface area contributed by atoms with Gasteiger partial charge in [-0.1, -0.05) is 18.7 Å². The maximum atomic E-state index is 12.5. The van der Waals surface area contributed by atoms with Crippen molar-refractivity contribution >= 4 is 45.1 Å². The molecule has 3 rings (SSSR count). The van der Waals surface area contributed by atoms with E-state index in [2.05, 4.69) is 23.0 Å². The highest BCUT2D eigenvalue weighted by Crippen LogP contribution is 2.31. The Labute approximate surface area is 148 Å². The van der Waals surface area contributed by atoms with Crippen molar-refractivity contribution < 1.29 is 9.59 Å². The van der Waals surface area contributed by atoms with E-state index in [4.69, 9.17) is 5.73 Å². The Hall–Kier alpha value is -1.67. The predicted molar refractivity (Wildman–Crippen MR) is 96.1 cm³/mol. The molecule has 0 spiro atoms. The minimum atomic E-state index is -0.467. The average Bonchev–Trinajstić information content (AvgIpc) is 3.03. The number of likely N-dealkylation sites (tertiary alicyclic amines) is 1. The zero-order chi connectivity index (χ0) is 17.1. The van der Waals surface area contributed by atoms with Crippen molar-refractivity contribution in [3.63, 3.8) is 0 Å². The summed E-state index contributed by atoms with van der Waals surface area (Å²) in [7, 11) is 0. The Morgan fingerprint density at radius 3 is 3.00 bits per heavy atom. The Morgan fingerprint density at radius 1 is 1.42 bits per heavy atom. The molecule has 0 unspecified atom stereocenters. The van der Waals surface area contributed by atoms with Gasteiger partial charge in [0.15, 0.2) is 0 Å². The van der Waals surface area contributed by atoms with Crippen LogP contribution in [0.5, 0.6) is 0 Å². The summed E-state index contributed by atoms with van der Waals surface area (Å²) in [6.07, 6.45) is 5.01. The molecule has 128 valence electrons. The predicted octanol–water partition coefficient (Wildman–Crippen LogP) is 2.21. The van der Waals surface area contributed by atoms with Crippen LogP contribution in [0, 0.1) is 0 Å². The van der Waals surface area contributed by atoms with Crippen LogP contribution in [-0.4, -0.2) is 45.0 Å². The van der Waals surface area contributed by atoms with Crippen LogP contribution in [0.4, 0.5) is 0 Å². The topological polar surface area (TPSA) is 89.2 Å². The number of rotatable bonds is 5. The fourth-order valence-corrected chi connectivity index (χ4v) is 4.77. The van der Waals surface area contributed by atoms with E-state index in [1.165, 1.54) is 23.0 Å². The minimum absolute atomic E-state index is 0.0544. The van der Waals surface area contributed by atoms with Crippen molar-refractivity contribution in [3.8, 4) is 0 Å². The molecule has 0 bridgehead atoms. The van der Waals surface area contributed by atoms with E-state index in [1.807, 2.05) is 0 Å². The lowest BCUT2D eigenvalue weighted by molar-refractivity contribution is -0.138. The largest absolute Gasteiger partial charge is 0.368 e. The van der Waals surface area contributed by atoms with Crippen molar-refractivity contribution in [2.75, 3.05) is 12.3 Å². The number of nitrogens with zero attached hydrogens (tertiary/aromatic N) is 3. The summed E-state index contributed by atoms with van der Waals surface area (Å²) in [6, 6.07) is 1.63. The molecule has 1 saturated heterocycles. The van der Waals surface area contributed by atoms with Gasteiger partial charge < -0.3 is 10.6 Å². The number of hydrogen-bond acceptors (Lipinski definition) is 6. The molecule has 0 saturated carbocycles. The molecular weight excluding hydrogens is 344 g/mol. The normalized spacial score (nSPS) is 18.0. The highest BCUT2D eigenvalue weighted by Gasteiger charge is 2.30. The number of amides is 2. The van der Waals surface area contributed by atoms with Crippen LogP contribution in [0.2, 0.25) is 0 Å². The van der Waals surface area contributed by atoms with Gasteiger partial charge in [-0.2, -0.15) is 0 Å². The first-order valence-corrected chi connectivity index (χ1v) is 9.85. The van der Waals surface area contributed by atoms with Gasteiger partial charge in [0.05, 0.1) is 5.75 Å². The van der Waals surface area contributed by atoms with E-state index >= 15 is 0 Å². The standard InChI is InChI=1S/C16H20N4O2S2/c1-2-10-7-11-15(18-9-19-16(11)24-10)23-8-13(21)20-6-4-3-5-12(20)14(17)22/h7,9,12H,2-6,8H2,1H3,(H2,17,22)/t12-/m0/s1. The van der Waals surface area contributed by atoms with Crippen LogP contribution in [0.15, 0.2) is 17.4 Å². The zero-order valence-electron chi connectivity index (χ0n) is 13.5. The van der Waals surface area contributed by atoms with Gasteiger partial charge in [-0.15, -0.1) is 11.3 Å². The number of piperidine rings is 1. The van der Waals surface area contributed by atoms with Gasteiger partial charge in [-0.25, -0.2) is 9.97 Å². The van der Waals surface area contributed by atoms with Crippen LogP contribution in [0.3, 0.4) is 0 Å². The van der Waals surface area contributed by atoms with Crippen molar-refractivity contribution in [1.82, 2.24) is 14.9 Å². The molecule has 2 N–H and O–H groups in total. The summed E-state index contributed by atoms with van der Waals surface area (Å²) in [5.41, 5.74) is 5.44. The molecular formula is C16H20N4O2S2. The second-order valence-electron chi connectivity index (χ2n) is 5.75. The maximum absolute atomic E-state index is 12.5. The number of carbonyl (C=O) groups is 2. The third kappa shape index (κ3) is 3.54. The SMILES string of the molecule is CCc1cc2c(SCC(=O)N3CCCC[C@H]3C(N)=O)ncnc2s1.